The first-order valence-electron chi connectivity index (χ1n) is 9.16. The molecule has 5 heteroatoms. The molecule has 0 spiro atoms. The third-order valence-electron chi connectivity index (χ3n) is 4.78. The average Bonchev–Trinajstić information content (AvgIpc) is 2.93. The number of carbonyl (C=O) groups is 1. The van der Waals surface area contributed by atoms with Crippen LogP contribution in [-0.4, -0.2) is 29.0 Å². The third kappa shape index (κ3) is 4.16. The summed E-state index contributed by atoms with van der Waals surface area (Å²) in [5, 5.41) is 3.00. The minimum Gasteiger partial charge on any atom is -0.355 e. The largest absolute Gasteiger partial charge is 0.355 e. The van der Waals surface area contributed by atoms with Gasteiger partial charge in [-0.05, 0) is 37.3 Å². The molecule has 2 heterocycles. The monoisotopic (exact) mass is 338 g/mol. The number of nitrogens with zero attached hydrogens (tertiary/aromatic N) is 3. The molecule has 0 atom stereocenters. The molecule has 1 aliphatic heterocycles. The third-order valence-corrected chi connectivity index (χ3v) is 4.78. The molecule has 132 valence electrons. The number of hydrogen-bond acceptors (Lipinski definition) is 4. The average molecular weight is 338 g/mol. The molecule has 1 aromatic carbocycles. The molecule has 1 saturated heterocycles. The summed E-state index contributed by atoms with van der Waals surface area (Å²) < 4.78 is 0. The number of amides is 1. The second-order valence-electron chi connectivity index (χ2n) is 6.58. The van der Waals surface area contributed by atoms with Crippen LogP contribution in [0, 0.1) is 6.92 Å². The van der Waals surface area contributed by atoms with E-state index in [2.05, 4.69) is 27.1 Å². The summed E-state index contributed by atoms with van der Waals surface area (Å²) >= 11 is 0. The fraction of sp³-hybridized carbons (Fsp3) is 0.450. The molecule has 0 bridgehead atoms. The van der Waals surface area contributed by atoms with Gasteiger partial charge in [-0.1, -0.05) is 38.0 Å². The molecule has 0 radical (unpaired) electrons. The predicted octanol–water partition coefficient (Wildman–Crippen LogP) is 3.98. The van der Waals surface area contributed by atoms with Crippen LogP contribution < -0.4 is 10.2 Å². The molecular weight excluding hydrogens is 312 g/mol. The number of hydrogen-bond donors (Lipinski definition) is 1. The highest BCUT2D eigenvalue weighted by Gasteiger charge is 2.15. The van der Waals surface area contributed by atoms with Gasteiger partial charge in [0.25, 0.3) is 5.91 Å². The fourth-order valence-corrected chi connectivity index (χ4v) is 3.28. The maximum atomic E-state index is 12.5. The molecular formula is C20H26N4O. The van der Waals surface area contributed by atoms with Crippen molar-refractivity contribution in [2.24, 2.45) is 0 Å². The highest BCUT2D eigenvalue weighted by molar-refractivity contribution is 6.03. The van der Waals surface area contributed by atoms with Crippen molar-refractivity contribution in [3.05, 3.63) is 47.4 Å². The fourth-order valence-electron chi connectivity index (χ4n) is 3.28. The van der Waals surface area contributed by atoms with E-state index in [4.69, 9.17) is 0 Å². The number of carbonyl (C=O) groups excluding carboxylic acids is 1. The summed E-state index contributed by atoms with van der Waals surface area (Å²) in [7, 11) is 0. The molecule has 25 heavy (non-hydrogen) atoms. The van der Waals surface area contributed by atoms with Gasteiger partial charge >= 0.3 is 0 Å². The number of benzene rings is 1. The summed E-state index contributed by atoms with van der Waals surface area (Å²) in [6.07, 6.45) is 9.12. The van der Waals surface area contributed by atoms with Crippen LogP contribution in [0.3, 0.4) is 0 Å². The number of nitrogens with one attached hydrogen (secondary N) is 1. The Balaban J connectivity index is 1.73. The number of rotatable bonds is 4. The Morgan fingerprint density at radius 3 is 2.52 bits per heavy atom. The summed E-state index contributed by atoms with van der Waals surface area (Å²) in [6, 6.07) is 6.05. The minimum atomic E-state index is -0.209. The second-order valence-corrected chi connectivity index (χ2v) is 6.58. The van der Waals surface area contributed by atoms with Crippen LogP contribution in [0.1, 0.15) is 54.2 Å². The van der Waals surface area contributed by atoms with Gasteiger partial charge in [-0.25, -0.2) is 9.97 Å². The molecule has 1 fully saturated rings. The normalized spacial score (nSPS) is 14.9. The van der Waals surface area contributed by atoms with Crippen molar-refractivity contribution in [2.75, 3.05) is 23.3 Å². The molecule has 1 aromatic heterocycles. The molecule has 3 rings (SSSR count). The van der Waals surface area contributed by atoms with Gasteiger partial charge in [0.15, 0.2) is 0 Å². The summed E-state index contributed by atoms with van der Waals surface area (Å²) in [5.74, 6) is 0.655. The van der Waals surface area contributed by atoms with Crippen molar-refractivity contribution in [2.45, 2.75) is 46.0 Å². The maximum Gasteiger partial charge on any atom is 0.275 e. The molecule has 0 unspecified atom stereocenters. The van der Waals surface area contributed by atoms with Crippen LogP contribution >= 0.6 is 0 Å². The van der Waals surface area contributed by atoms with Gasteiger partial charge in [-0.3, -0.25) is 4.79 Å². The van der Waals surface area contributed by atoms with Gasteiger partial charge in [0.2, 0.25) is 0 Å². The zero-order valence-corrected chi connectivity index (χ0v) is 15.1. The Morgan fingerprint density at radius 1 is 1.12 bits per heavy atom. The highest BCUT2D eigenvalue weighted by atomic mass is 16.1. The van der Waals surface area contributed by atoms with E-state index < -0.39 is 0 Å². The van der Waals surface area contributed by atoms with Gasteiger partial charge in [0, 0.05) is 18.8 Å². The Kier molecular flexibility index (Phi) is 5.64. The van der Waals surface area contributed by atoms with Gasteiger partial charge in [0.1, 0.15) is 11.5 Å². The molecule has 0 saturated carbocycles. The van der Waals surface area contributed by atoms with E-state index in [0.717, 1.165) is 42.1 Å². The quantitative estimate of drug-likeness (QED) is 0.916. The summed E-state index contributed by atoms with van der Waals surface area (Å²) in [6.45, 7) is 6.12. The Morgan fingerprint density at radius 2 is 1.88 bits per heavy atom. The Bertz CT molecular complexity index is 719. The van der Waals surface area contributed by atoms with Crippen molar-refractivity contribution in [1.29, 1.82) is 0 Å². The number of para-hydroxylation sites is 1. The molecule has 1 N–H and O–H groups in total. The van der Waals surface area contributed by atoms with E-state index in [1.807, 2.05) is 25.1 Å². The lowest BCUT2D eigenvalue weighted by molar-refractivity contribution is 0.102. The molecule has 2 aromatic rings. The van der Waals surface area contributed by atoms with Crippen molar-refractivity contribution in [3.63, 3.8) is 0 Å². The zero-order valence-electron chi connectivity index (χ0n) is 15.1. The van der Waals surface area contributed by atoms with Gasteiger partial charge in [-0.15, -0.1) is 0 Å². The van der Waals surface area contributed by atoms with E-state index in [1.54, 1.807) is 12.4 Å². The topological polar surface area (TPSA) is 58.1 Å². The molecule has 1 aliphatic rings. The highest BCUT2D eigenvalue weighted by Crippen LogP contribution is 2.22. The Labute approximate surface area is 149 Å². The summed E-state index contributed by atoms with van der Waals surface area (Å²) in [5.41, 5.74) is 3.42. The number of anilines is 2. The van der Waals surface area contributed by atoms with Crippen LogP contribution in [0.15, 0.2) is 30.6 Å². The van der Waals surface area contributed by atoms with E-state index in [0.29, 0.717) is 5.69 Å². The molecule has 5 nitrogen and oxygen atoms in total. The van der Waals surface area contributed by atoms with Crippen LogP contribution in [0.5, 0.6) is 0 Å². The van der Waals surface area contributed by atoms with Crippen LogP contribution in [0.25, 0.3) is 0 Å². The van der Waals surface area contributed by atoms with Crippen molar-refractivity contribution >= 4 is 17.4 Å². The van der Waals surface area contributed by atoms with Crippen LogP contribution in [0.2, 0.25) is 0 Å². The van der Waals surface area contributed by atoms with E-state index in [-0.39, 0.29) is 5.91 Å². The van der Waals surface area contributed by atoms with Gasteiger partial charge in [0.05, 0.1) is 12.4 Å². The standard InChI is InChI=1S/C20H26N4O/c1-3-16-10-8-9-15(2)19(16)23-20(25)17-13-22-18(14-21-17)24-11-6-4-5-7-12-24/h8-10,13-14H,3-7,11-12H2,1-2H3,(H,23,25). The lowest BCUT2D eigenvalue weighted by atomic mass is 10.1. The van der Waals surface area contributed by atoms with Crippen molar-refractivity contribution in [1.82, 2.24) is 9.97 Å². The van der Waals surface area contributed by atoms with Gasteiger partial charge in [-0.2, -0.15) is 0 Å². The van der Waals surface area contributed by atoms with Crippen molar-refractivity contribution in [3.8, 4) is 0 Å². The van der Waals surface area contributed by atoms with E-state index in [1.165, 1.54) is 25.7 Å². The smallest absolute Gasteiger partial charge is 0.275 e. The van der Waals surface area contributed by atoms with E-state index >= 15 is 0 Å². The molecule has 1 amide bonds. The van der Waals surface area contributed by atoms with Crippen molar-refractivity contribution < 1.29 is 4.79 Å². The van der Waals surface area contributed by atoms with E-state index in [9.17, 15) is 4.79 Å². The summed E-state index contributed by atoms with van der Waals surface area (Å²) in [4.78, 5) is 23.6. The van der Waals surface area contributed by atoms with Crippen LogP contribution in [-0.2, 0) is 6.42 Å². The molecule has 0 aliphatic carbocycles. The Hall–Kier alpha value is -2.43. The lowest BCUT2D eigenvalue weighted by Gasteiger charge is -2.20. The minimum absolute atomic E-state index is 0.209. The number of aryl methyl sites for hydroxylation is 2. The van der Waals surface area contributed by atoms with Crippen LogP contribution in [0.4, 0.5) is 11.5 Å². The predicted molar refractivity (Wildman–Crippen MR) is 101 cm³/mol. The first kappa shape index (κ1) is 17.4. The lowest BCUT2D eigenvalue weighted by Crippen LogP contribution is -2.25. The first-order valence-corrected chi connectivity index (χ1v) is 9.16. The maximum absolute atomic E-state index is 12.5. The first-order chi connectivity index (χ1) is 12.2. The second kappa shape index (κ2) is 8.10. The number of aromatic nitrogens is 2. The zero-order chi connectivity index (χ0) is 17.6. The van der Waals surface area contributed by atoms with Gasteiger partial charge < -0.3 is 10.2 Å². The SMILES string of the molecule is CCc1cccc(C)c1NC(=O)c1cnc(N2CCCCCC2)cn1.